The summed E-state index contributed by atoms with van der Waals surface area (Å²) in [6, 6.07) is 6.74. The number of hydrogen-bond acceptors (Lipinski definition) is 5. The molecule has 3 rings (SSSR count). The van der Waals surface area contributed by atoms with Crippen LogP contribution in [-0.2, 0) is 0 Å². The van der Waals surface area contributed by atoms with Gasteiger partial charge in [0.1, 0.15) is 11.6 Å². The summed E-state index contributed by atoms with van der Waals surface area (Å²) in [5.41, 5.74) is 6.04. The van der Waals surface area contributed by atoms with E-state index >= 15 is 0 Å². The maximum absolute atomic E-state index is 12.4. The van der Waals surface area contributed by atoms with Gasteiger partial charge >= 0.3 is 12.1 Å². The lowest BCUT2D eigenvalue weighted by molar-refractivity contribution is -0.274. The van der Waals surface area contributed by atoms with Crippen LogP contribution in [0, 0.1) is 6.92 Å². The number of alkyl halides is 3. The maximum Gasteiger partial charge on any atom is 0.573 e. The van der Waals surface area contributed by atoms with Crippen molar-refractivity contribution in [2.45, 2.75) is 13.3 Å². The highest BCUT2D eigenvalue weighted by atomic mass is 19.4. The van der Waals surface area contributed by atoms with E-state index < -0.39 is 17.8 Å². The average molecular weight is 336 g/mol. The van der Waals surface area contributed by atoms with E-state index in [-0.39, 0.29) is 11.3 Å². The number of halogens is 3. The molecule has 0 aliphatic heterocycles. The van der Waals surface area contributed by atoms with E-state index in [1.54, 1.807) is 19.1 Å². The van der Waals surface area contributed by atoms with Crippen LogP contribution in [0.25, 0.3) is 16.6 Å². The van der Waals surface area contributed by atoms with Crippen molar-refractivity contribution in [3.8, 4) is 11.4 Å². The number of benzene rings is 1. The maximum atomic E-state index is 12.4. The van der Waals surface area contributed by atoms with Crippen LogP contribution >= 0.6 is 0 Å². The van der Waals surface area contributed by atoms with E-state index in [9.17, 15) is 18.0 Å². The smallest absolute Gasteiger partial charge is 0.406 e. The quantitative estimate of drug-likeness (QED) is 0.778. The molecule has 0 amide bonds. The Morgan fingerprint density at radius 2 is 2.00 bits per heavy atom. The Labute approximate surface area is 133 Å². The summed E-state index contributed by atoms with van der Waals surface area (Å²) in [5.74, 6) is -0.540. The number of rotatable bonds is 2. The van der Waals surface area contributed by atoms with Gasteiger partial charge in [-0.25, -0.2) is 4.79 Å². The first-order valence-corrected chi connectivity index (χ1v) is 6.76. The van der Waals surface area contributed by atoms with Gasteiger partial charge in [0.05, 0.1) is 16.9 Å². The molecule has 1 aromatic carbocycles. The summed E-state index contributed by atoms with van der Waals surface area (Å²) in [4.78, 5) is 20.1. The van der Waals surface area contributed by atoms with Crippen LogP contribution in [0.1, 0.15) is 5.69 Å². The zero-order valence-electron chi connectivity index (χ0n) is 12.3. The number of hydrogen-bond donors (Lipinski definition) is 1. The first-order chi connectivity index (χ1) is 11.3. The Morgan fingerprint density at radius 3 is 2.67 bits per heavy atom. The molecule has 0 fully saturated rings. The van der Waals surface area contributed by atoms with Crippen LogP contribution in [0.2, 0.25) is 0 Å². The van der Waals surface area contributed by atoms with E-state index in [0.717, 1.165) is 16.7 Å². The summed E-state index contributed by atoms with van der Waals surface area (Å²) in [5, 5.41) is 0.326. The van der Waals surface area contributed by atoms with Crippen molar-refractivity contribution in [3.63, 3.8) is 0 Å². The summed E-state index contributed by atoms with van der Waals surface area (Å²) in [6.07, 6.45) is -3.31. The lowest BCUT2D eigenvalue weighted by atomic mass is 10.2. The van der Waals surface area contributed by atoms with Crippen LogP contribution < -0.4 is 16.2 Å². The Kier molecular flexibility index (Phi) is 3.63. The molecule has 0 bridgehead atoms. The average Bonchev–Trinajstić information content (AvgIpc) is 2.47. The Bertz CT molecular complexity index is 983. The van der Waals surface area contributed by atoms with Gasteiger partial charge in [-0.05, 0) is 31.2 Å². The number of nitrogens with zero attached hydrogens (tertiary/aromatic N) is 3. The van der Waals surface area contributed by atoms with Gasteiger partial charge < -0.3 is 10.5 Å². The third-order valence-electron chi connectivity index (χ3n) is 3.35. The zero-order chi connectivity index (χ0) is 17.5. The minimum atomic E-state index is -4.85. The van der Waals surface area contributed by atoms with Crippen molar-refractivity contribution in [3.05, 3.63) is 52.7 Å². The minimum Gasteiger partial charge on any atom is -0.406 e. The summed E-state index contributed by atoms with van der Waals surface area (Å²) in [6.45, 7) is 1.67. The molecule has 6 nitrogen and oxygen atoms in total. The number of nitrogens with two attached hydrogens (primary N) is 1. The van der Waals surface area contributed by atoms with Gasteiger partial charge in [0.15, 0.2) is 0 Å². The van der Waals surface area contributed by atoms with E-state index in [2.05, 4.69) is 14.7 Å². The van der Waals surface area contributed by atoms with Crippen molar-refractivity contribution in [2.75, 3.05) is 5.73 Å². The van der Waals surface area contributed by atoms with Gasteiger partial charge in [-0.2, -0.15) is 4.98 Å². The summed E-state index contributed by atoms with van der Waals surface area (Å²) < 4.78 is 42.4. The van der Waals surface area contributed by atoms with Gasteiger partial charge in [-0.15, -0.1) is 13.2 Å². The second-order valence-corrected chi connectivity index (χ2v) is 4.95. The molecule has 2 N–H and O–H groups in total. The lowest BCUT2D eigenvalue weighted by Gasteiger charge is -2.14. The van der Waals surface area contributed by atoms with Crippen molar-refractivity contribution in [1.29, 1.82) is 0 Å². The number of fused-ring (bicyclic) bond motifs is 1. The predicted octanol–water partition coefficient (Wildman–Crippen LogP) is 2.57. The third kappa shape index (κ3) is 2.87. The normalized spacial score (nSPS) is 11.7. The number of pyridine rings is 1. The highest BCUT2D eigenvalue weighted by Gasteiger charge is 2.31. The van der Waals surface area contributed by atoms with E-state index in [4.69, 9.17) is 5.73 Å². The van der Waals surface area contributed by atoms with Crippen LogP contribution in [0.15, 0.2) is 41.3 Å². The second kappa shape index (κ2) is 5.52. The van der Waals surface area contributed by atoms with Crippen LogP contribution in [0.4, 0.5) is 19.0 Å². The number of nitrogen functional groups attached to an aromatic ring is 1. The number of anilines is 1. The standard InChI is InChI=1S/C15H11F3N4O2/c1-8-11(3-2-6-20-8)22-12-7-9(24-15(16,17)18)4-5-10(12)13(19)21-14(22)23/h2-7H,1H3,(H2,19,21,23). The van der Waals surface area contributed by atoms with Crippen molar-refractivity contribution < 1.29 is 17.9 Å². The SMILES string of the molecule is Cc1ncccc1-n1c(=O)nc(N)c2ccc(OC(F)(F)F)cc21. The fraction of sp³-hybridized carbons (Fsp3) is 0.133. The van der Waals surface area contributed by atoms with E-state index in [1.807, 2.05) is 0 Å². The third-order valence-corrected chi connectivity index (χ3v) is 3.35. The summed E-state index contributed by atoms with van der Waals surface area (Å²) in [7, 11) is 0. The second-order valence-electron chi connectivity index (χ2n) is 4.95. The molecule has 0 radical (unpaired) electrons. The van der Waals surface area contributed by atoms with Gasteiger partial charge in [-0.3, -0.25) is 9.55 Å². The molecule has 3 aromatic rings. The van der Waals surface area contributed by atoms with Crippen LogP contribution in [0.3, 0.4) is 0 Å². The molecule has 2 heterocycles. The molecule has 2 aromatic heterocycles. The molecule has 0 saturated heterocycles. The Hall–Kier alpha value is -3.10. The number of ether oxygens (including phenoxy) is 1. The van der Waals surface area contributed by atoms with Gasteiger partial charge in [0, 0.05) is 17.6 Å². The highest BCUT2D eigenvalue weighted by Crippen LogP contribution is 2.28. The Morgan fingerprint density at radius 1 is 1.25 bits per heavy atom. The molecule has 0 saturated carbocycles. The van der Waals surface area contributed by atoms with Crippen molar-refractivity contribution in [1.82, 2.24) is 14.5 Å². The van der Waals surface area contributed by atoms with Crippen molar-refractivity contribution >= 4 is 16.7 Å². The molecule has 9 heteroatoms. The number of aromatic nitrogens is 3. The molecule has 0 aliphatic carbocycles. The minimum absolute atomic E-state index is 0.0775. The fourth-order valence-corrected chi connectivity index (χ4v) is 2.37. The molecule has 0 spiro atoms. The first kappa shape index (κ1) is 15.8. The summed E-state index contributed by atoms with van der Waals surface area (Å²) >= 11 is 0. The topological polar surface area (TPSA) is 83.0 Å². The molecular formula is C15H11F3N4O2. The van der Waals surface area contributed by atoms with Gasteiger partial charge in [-0.1, -0.05) is 0 Å². The van der Waals surface area contributed by atoms with Gasteiger partial charge in [0.25, 0.3) is 0 Å². The molecular weight excluding hydrogens is 325 g/mol. The molecule has 0 unspecified atom stereocenters. The fourth-order valence-electron chi connectivity index (χ4n) is 2.37. The van der Waals surface area contributed by atoms with E-state index in [0.29, 0.717) is 16.8 Å². The van der Waals surface area contributed by atoms with Crippen LogP contribution in [-0.4, -0.2) is 20.9 Å². The largest absolute Gasteiger partial charge is 0.573 e. The van der Waals surface area contributed by atoms with Gasteiger partial charge in [0.2, 0.25) is 0 Å². The molecule has 0 atom stereocenters. The Balaban J connectivity index is 2.33. The first-order valence-electron chi connectivity index (χ1n) is 6.76. The number of aryl methyl sites for hydroxylation is 1. The zero-order valence-corrected chi connectivity index (χ0v) is 12.3. The molecule has 24 heavy (non-hydrogen) atoms. The van der Waals surface area contributed by atoms with Crippen LogP contribution in [0.5, 0.6) is 5.75 Å². The molecule has 124 valence electrons. The predicted molar refractivity (Wildman–Crippen MR) is 81.0 cm³/mol. The monoisotopic (exact) mass is 336 g/mol. The molecule has 0 aliphatic rings. The highest BCUT2D eigenvalue weighted by molar-refractivity contribution is 5.90. The van der Waals surface area contributed by atoms with Crippen molar-refractivity contribution in [2.24, 2.45) is 0 Å². The van der Waals surface area contributed by atoms with E-state index in [1.165, 1.54) is 12.3 Å². The lowest BCUT2D eigenvalue weighted by Crippen LogP contribution is -2.24.